The van der Waals surface area contributed by atoms with E-state index in [0.717, 1.165) is 51.7 Å². The number of ether oxygens (including phenoxy) is 6. The summed E-state index contributed by atoms with van der Waals surface area (Å²) in [6.07, 6.45) is 1.07. The molecule has 3 aliphatic heterocycles. The molecule has 0 saturated heterocycles. The summed E-state index contributed by atoms with van der Waals surface area (Å²) < 4.78 is 35.6. The molecule has 0 bridgehead atoms. The minimum atomic E-state index is -1.16. The molecule has 0 spiro atoms. The van der Waals surface area contributed by atoms with E-state index in [1.807, 2.05) is 18.3 Å². The van der Waals surface area contributed by atoms with Crippen LogP contribution in [-0.4, -0.2) is 56.7 Å². The molecule has 3 unspecified atom stereocenters. The lowest BCUT2D eigenvalue weighted by Crippen LogP contribution is -2.36. The van der Waals surface area contributed by atoms with Crippen molar-refractivity contribution in [1.29, 1.82) is 0 Å². The smallest absolute Gasteiger partial charge is 0.231 e. The van der Waals surface area contributed by atoms with E-state index in [1.165, 1.54) is 0 Å². The number of aliphatic hydroxyl groups excluding tert-OH is 1. The van der Waals surface area contributed by atoms with E-state index in [9.17, 15) is 5.11 Å². The lowest BCUT2D eigenvalue weighted by atomic mass is 9.81. The average molecular weight is 531 g/mol. The molecule has 3 aromatic carbocycles. The fraction of sp³-hybridized carbons (Fsp3) is 0.333. The van der Waals surface area contributed by atoms with Gasteiger partial charge in [0, 0.05) is 29.4 Å². The largest absolute Gasteiger partial charge is 0.493 e. The Balaban J connectivity index is 1.47. The van der Waals surface area contributed by atoms with Crippen molar-refractivity contribution < 1.29 is 33.5 Å². The summed E-state index contributed by atoms with van der Waals surface area (Å²) in [5.74, 6) is 2.93. The maximum atomic E-state index is 11.1. The van der Waals surface area contributed by atoms with Crippen LogP contribution in [0, 0.1) is 0 Å². The quantitative estimate of drug-likeness (QED) is 0.377. The van der Waals surface area contributed by atoms with Gasteiger partial charge >= 0.3 is 0 Å². The number of nitrogens with zero attached hydrogens (tertiary/aromatic N) is 1. The predicted octanol–water partition coefficient (Wildman–Crippen LogP) is 4.88. The number of hydrogen-bond donors (Lipinski definition) is 2. The number of aromatic amines is 1. The van der Waals surface area contributed by atoms with Crippen LogP contribution in [0.15, 0.2) is 42.6 Å². The fourth-order valence-corrected chi connectivity index (χ4v) is 6.48. The van der Waals surface area contributed by atoms with Crippen LogP contribution in [0.3, 0.4) is 0 Å². The summed E-state index contributed by atoms with van der Waals surface area (Å²) in [4.78, 5) is 5.52. The van der Waals surface area contributed by atoms with Gasteiger partial charge in [0.2, 0.25) is 12.5 Å². The maximum absolute atomic E-state index is 11.1. The van der Waals surface area contributed by atoms with Gasteiger partial charge in [0.15, 0.2) is 29.3 Å². The van der Waals surface area contributed by atoms with Crippen molar-refractivity contribution in [1.82, 2.24) is 9.88 Å². The third kappa shape index (κ3) is 3.43. The predicted molar refractivity (Wildman–Crippen MR) is 144 cm³/mol. The van der Waals surface area contributed by atoms with Gasteiger partial charge in [0.25, 0.3) is 0 Å². The highest BCUT2D eigenvalue weighted by molar-refractivity contribution is 5.90. The van der Waals surface area contributed by atoms with Crippen LogP contribution < -0.4 is 23.7 Å². The molecule has 0 amide bonds. The van der Waals surface area contributed by atoms with E-state index in [2.05, 4.69) is 41.2 Å². The molecule has 3 aliphatic rings. The van der Waals surface area contributed by atoms with Gasteiger partial charge in [0.1, 0.15) is 6.10 Å². The van der Waals surface area contributed by atoms with E-state index in [4.69, 9.17) is 28.4 Å². The molecule has 0 fully saturated rings. The number of rotatable bonds is 5. The van der Waals surface area contributed by atoms with Crippen LogP contribution in [0.1, 0.15) is 40.7 Å². The zero-order chi connectivity index (χ0) is 26.8. The van der Waals surface area contributed by atoms with Gasteiger partial charge in [-0.2, -0.15) is 0 Å². The summed E-state index contributed by atoms with van der Waals surface area (Å²) >= 11 is 0. The third-order valence-electron chi connectivity index (χ3n) is 8.18. The Morgan fingerprint density at radius 3 is 2.56 bits per heavy atom. The molecule has 1 aromatic heterocycles. The molecule has 0 saturated carbocycles. The molecule has 3 atom stereocenters. The first-order chi connectivity index (χ1) is 19.0. The Bertz CT molecular complexity index is 1600. The van der Waals surface area contributed by atoms with Gasteiger partial charge in [-0.3, -0.25) is 4.90 Å². The molecule has 202 valence electrons. The normalized spacial score (nSPS) is 21.6. The van der Waals surface area contributed by atoms with Gasteiger partial charge in [-0.1, -0.05) is 12.1 Å². The molecule has 9 heteroatoms. The van der Waals surface area contributed by atoms with Crippen LogP contribution in [-0.2, 0) is 11.2 Å². The highest BCUT2D eigenvalue weighted by atomic mass is 16.7. The van der Waals surface area contributed by atoms with Gasteiger partial charge in [-0.25, -0.2) is 0 Å². The molecule has 2 N–H and O–H groups in total. The Hall–Kier alpha value is -3.92. The van der Waals surface area contributed by atoms with Crippen molar-refractivity contribution in [2.45, 2.75) is 24.9 Å². The van der Waals surface area contributed by atoms with Crippen molar-refractivity contribution in [2.75, 3.05) is 41.7 Å². The van der Waals surface area contributed by atoms with Gasteiger partial charge in [0.05, 0.1) is 32.9 Å². The van der Waals surface area contributed by atoms with Crippen LogP contribution in [0.2, 0.25) is 0 Å². The molecule has 9 nitrogen and oxygen atoms in total. The molecular formula is C30H30N2O7. The van der Waals surface area contributed by atoms with Crippen molar-refractivity contribution in [3.8, 4) is 39.9 Å². The molecule has 7 rings (SSSR count). The molecule has 4 heterocycles. The number of aliphatic hydroxyl groups is 1. The molecule has 0 aliphatic carbocycles. The van der Waals surface area contributed by atoms with Gasteiger partial charge in [-0.15, -0.1) is 0 Å². The Kier molecular flexibility index (Phi) is 5.62. The highest BCUT2D eigenvalue weighted by Gasteiger charge is 2.46. The van der Waals surface area contributed by atoms with E-state index >= 15 is 0 Å². The van der Waals surface area contributed by atoms with Crippen LogP contribution in [0.25, 0.3) is 22.0 Å². The lowest BCUT2D eigenvalue weighted by molar-refractivity contribution is -0.142. The van der Waals surface area contributed by atoms with Crippen LogP contribution in [0.5, 0.6) is 28.7 Å². The van der Waals surface area contributed by atoms with Gasteiger partial charge < -0.3 is 38.5 Å². The van der Waals surface area contributed by atoms with Crippen molar-refractivity contribution in [3.05, 3.63) is 64.8 Å². The summed E-state index contributed by atoms with van der Waals surface area (Å²) in [5.41, 5.74) is 6.65. The second-order valence-corrected chi connectivity index (χ2v) is 10.0. The second-order valence-electron chi connectivity index (χ2n) is 10.0. The SMILES string of the molecule is COc1ccc2c(c1OC)C(O)OC2C1c2c(c(-c3ccc4[nH]ccc4c3)c3c(c2OC)OCO3)CCN1C. The Morgan fingerprint density at radius 2 is 1.77 bits per heavy atom. The summed E-state index contributed by atoms with van der Waals surface area (Å²) in [5, 5.41) is 12.2. The number of benzene rings is 3. The standard InChI is InChI=1S/C30H30N2O7/c1-32-12-10-17-21(16-5-7-19-15(13-16)9-11-31-19)28-29(38-14-37-28)27(36-4)22(17)24(32)25-18-6-8-20(34-2)26(35-3)23(18)30(33)39-25/h5-9,11,13,24-25,30-31,33H,10,12,14H2,1-4H3. The number of hydrogen-bond acceptors (Lipinski definition) is 8. The fourth-order valence-electron chi connectivity index (χ4n) is 6.48. The Morgan fingerprint density at radius 1 is 0.949 bits per heavy atom. The van der Waals surface area contributed by atoms with Crippen molar-refractivity contribution in [2.24, 2.45) is 0 Å². The number of aromatic nitrogens is 1. The second kappa shape index (κ2) is 9.08. The van der Waals surface area contributed by atoms with Crippen LogP contribution >= 0.6 is 0 Å². The minimum absolute atomic E-state index is 0.118. The number of fused-ring (bicyclic) bond motifs is 4. The summed E-state index contributed by atoms with van der Waals surface area (Å²) in [7, 11) is 6.87. The van der Waals surface area contributed by atoms with Crippen LogP contribution in [0.4, 0.5) is 0 Å². The maximum Gasteiger partial charge on any atom is 0.231 e. The molecular weight excluding hydrogens is 500 g/mol. The Labute approximate surface area is 225 Å². The topological polar surface area (TPSA) is 94.6 Å². The van der Waals surface area contributed by atoms with Gasteiger partial charge in [-0.05, 0) is 59.8 Å². The monoisotopic (exact) mass is 530 g/mol. The lowest BCUT2D eigenvalue weighted by Gasteiger charge is -2.40. The van der Waals surface area contributed by atoms with E-state index in [1.54, 1.807) is 21.3 Å². The first-order valence-corrected chi connectivity index (χ1v) is 12.9. The zero-order valence-corrected chi connectivity index (χ0v) is 22.2. The zero-order valence-electron chi connectivity index (χ0n) is 22.2. The number of methoxy groups -OCH3 is 3. The summed E-state index contributed by atoms with van der Waals surface area (Å²) in [6, 6.07) is 12.0. The first kappa shape index (κ1) is 24.1. The summed E-state index contributed by atoms with van der Waals surface area (Å²) in [6.45, 7) is 0.894. The number of H-pyrrole nitrogens is 1. The average Bonchev–Trinajstić information content (AvgIpc) is 3.70. The number of likely N-dealkylation sites (N-methyl/N-ethyl adjacent to an activating group) is 1. The number of nitrogens with one attached hydrogen (secondary N) is 1. The third-order valence-corrected chi connectivity index (χ3v) is 8.18. The van der Waals surface area contributed by atoms with E-state index in [0.29, 0.717) is 34.3 Å². The molecule has 4 aromatic rings. The van der Waals surface area contributed by atoms with Crippen molar-refractivity contribution >= 4 is 10.9 Å². The van der Waals surface area contributed by atoms with E-state index < -0.39 is 12.4 Å². The first-order valence-electron chi connectivity index (χ1n) is 12.9. The van der Waals surface area contributed by atoms with E-state index in [-0.39, 0.29) is 12.8 Å². The van der Waals surface area contributed by atoms with Crippen molar-refractivity contribution in [3.63, 3.8) is 0 Å². The minimum Gasteiger partial charge on any atom is -0.493 e. The molecule has 39 heavy (non-hydrogen) atoms. The highest BCUT2D eigenvalue weighted by Crippen LogP contribution is 2.60. The molecule has 0 radical (unpaired) electrons.